The first kappa shape index (κ1) is 22.7. The molecule has 1 amide bonds. The van der Waals surface area contributed by atoms with Gasteiger partial charge < -0.3 is 15.4 Å². The molecule has 3 heterocycles. The van der Waals surface area contributed by atoms with E-state index in [2.05, 4.69) is 20.7 Å². The smallest absolute Gasteiger partial charge is 0.371 e. The van der Waals surface area contributed by atoms with Crippen molar-refractivity contribution in [3.05, 3.63) is 71.7 Å². The summed E-state index contributed by atoms with van der Waals surface area (Å²) in [7, 11) is 0. The number of halogens is 4. The number of hydrogen-bond acceptors (Lipinski definition) is 5. The van der Waals surface area contributed by atoms with E-state index in [4.69, 9.17) is 4.74 Å². The molecule has 0 radical (unpaired) electrons. The van der Waals surface area contributed by atoms with Gasteiger partial charge in [0.1, 0.15) is 0 Å². The third-order valence-corrected chi connectivity index (χ3v) is 4.60. The molecule has 4 rings (SSSR count). The Morgan fingerprint density at radius 1 is 1.16 bits per heavy atom. The van der Waals surface area contributed by atoms with Gasteiger partial charge in [0, 0.05) is 31.2 Å². The highest BCUT2D eigenvalue weighted by atomic mass is 35.5. The summed E-state index contributed by atoms with van der Waals surface area (Å²) in [6, 6.07) is 10.9. The predicted molar refractivity (Wildman–Crippen MR) is 110 cm³/mol. The van der Waals surface area contributed by atoms with E-state index in [1.165, 1.54) is 23.0 Å². The molecule has 1 fully saturated rings. The lowest BCUT2D eigenvalue weighted by atomic mass is 10.1. The number of carbonyl (C=O) groups excluding carboxylic acids is 1. The quantitative estimate of drug-likeness (QED) is 0.630. The lowest BCUT2D eigenvalue weighted by Gasteiger charge is -2.24. The molecule has 31 heavy (non-hydrogen) atoms. The van der Waals surface area contributed by atoms with Gasteiger partial charge in [-0.1, -0.05) is 12.1 Å². The zero-order chi connectivity index (χ0) is 21.1. The maximum atomic E-state index is 12.6. The number of hydrogen-bond donors (Lipinski definition) is 2. The predicted octanol–water partition coefficient (Wildman–Crippen LogP) is 3.62. The Bertz CT molecular complexity index is 1020. The summed E-state index contributed by atoms with van der Waals surface area (Å²) in [6.45, 7) is 2.22. The van der Waals surface area contributed by atoms with Crippen LogP contribution in [0.25, 0.3) is 5.82 Å². The van der Waals surface area contributed by atoms with Crippen molar-refractivity contribution in [3.63, 3.8) is 0 Å². The van der Waals surface area contributed by atoms with Crippen molar-refractivity contribution < 1.29 is 22.7 Å². The maximum Gasteiger partial charge on any atom is 0.417 e. The monoisotopic (exact) mass is 453 g/mol. The molecule has 1 atom stereocenters. The number of nitrogens with one attached hydrogen (secondary N) is 2. The van der Waals surface area contributed by atoms with E-state index >= 15 is 0 Å². The van der Waals surface area contributed by atoms with Crippen molar-refractivity contribution in [1.29, 1.82) is 0 Å². The number of alkyl halides is 3. The molecule has 1 aromatic carbocycles. The Morgan fingerprint density at radius 3 is 2.55 bits per heavy atom. The zero-order valence-corrected chi connectivity index (χ0v) is 16.9. The second-order valence-corrected chi connectivity index (χ2v) is 6.69. The van der Waals surface area contributed by atoms with Crippen LogP contribution < -0.4 is 10.6 Å². The van der Waals surface area contributed by atoms with E-state index in [-0.39, 0.29) is 30.0 Å². The van der Waals surface area contributed by atoms with Crippen molar-refractivity contribution in [2.45, 2.75) is 12.3 Å². The van der Waals surface area contributed by atoms with Gasteiger partial charge in [0.15, 0.2) is 11.5 Å². The number of anilines is 1. The number of morpholine rings is 1. The Kier molecular flexibility index (Phi) is 6.94. The van der Waals surface area contributed by atoms with E-state index in [0.717, 1.165) is 30.9 Å². The minimum Gasteiger partial charge on any atom is -0.371 e. The van der Waals surface area contributed by atoms with Gasteiger partial charge in [0.2, 0.25) is 0 Å². The van der Waals surface area contributed by atoms with E-state index in [0.29, 0.717) is 12.3 Å². The van der Waals surface area contributed by atoms with Crippen molar-refractivity contribution in [3.8, 4) is 5.82 Å². The number of pyridine rings is 1. The van der Waals surface area contributed by atoms with Crippen LogP contribution in [-0.4, -0.2) is 40.4 Å². The van der Waals surface area contributed by atoms with Gasteiger partial charge in [0.25, 0.3) is 5.91 Å². The molecular formula is C20H19ClF3N5O2. The summed E-state index contributed by atoms with van der Waals surface area (Å²) in [4.78, 5) is 16.2. The highest BCUT2D eigenvalue weighted by Gasteiger charge is 2.30. The summed E-state index contributed by atoms with van der Waals surface area (Å²) in [5.74, 6) is -0.267. The van der Waals surface area contributed by atoms with Crippen LogP contribution in [0.3, 0.4) is 0 Å². The van der Waals surface area contributed by atoms with E-state index < -0.39 is 17.6 Å². The van der Waals surface area contributed by atoms with Crippen molar-refractivity contribution in [1.82, 2.24) is 20.1 Å². The molecule has 0 bridgehead atoms. The van der Waals surface area contributed by atoms with Crippen LogP contribution in [0, 0.1) is 0 Å². The molecule has 3 aromatic rings. The van der Waals surface area contributed by atoms with Gasteiger partial charge in [-0.2, -0.15) is 18.3 Å². The van der Waals surface area contributed by atoms with Crippen LogP contribution in [0.5, 0.6) is 0 Å². The van der Waals surface area contributed by atoms with Crippen LogP contribution in [0.1, 0.15) is 27.7 Å². The molecule has 7 nitrogen and oxygen atoms in total. The van der Waals surface area contributed by atoms with Gasteiger partial charge in [-0.3, -0.25) is 4.79 Å². The lowest BCUT2D eigenvalue weighted by Crippen LogP contribution is -2.33. The number of ether oxygens (including phenoxy) is 1. The fourth-order valence-electron chi connectivity index (χ4n) is 3.02. The standard InChI is InChI=1S/C20H18F3N5O2.ClH/c21-20(22,23)14-3-6-18(25-11-14)28-9-7-16(27-28)19(29)26-15-4-1-13(2-5-15)17-12-24-8-10-30-17;/h1-7,9,11,17,24H,8,10,12H2,(H,26,29);1H/t17-;/m1./s1. The normalized spacial score (nSPS) is 16.4. The molecule has 2 aromatic heterocycles. The maximum absolute atomic E-state index is 12.6. The number of rotatable bonds is 4. The third kappa shape index (κ3) is 5.40. The Morgan fingerprint density at radius 2 is 1.94 bits per heavy atom. The second-order valence-electron chi connectivity index (χ2n) is 6.69. The summed E-state index contributed by atoms with van der Waals surface area (Å²) >= 11 is 0. The van der Waals surface area contributed by atoms with Gasteiger partial charge in [-0.25, -0.2) is 9.67 Å². The van der Waals surface area contributed by atoms with Gasteiger partial charge >= 0.3 is 6.18 Å². The summed E-state index contributed by atoms with van der Waals surface area (Å²) < 4.78 is 44.9. The Hall–Kier alpha value is -2.95. The first-order valence-corrected chi connectivity index (χ1v) is 9.23. The number of amides is 1. The van der Waals surface area contributed by atoms with Crippen molar-refractivity contribution in [2.75, 3.05) is 25.0 Å². The van der Waals surface area contributed by atoms with E-state index in [1.807, 2.05) is 12.1 Å². The molecule has 0 unspecified atom stereocenters. The largest absolute Gasteiger partial charge is 0.417 e. The van der Waals surface area contributed by atoms with Crippen molar-refractivity contribution >= 4 is 24.0 Å². The summed E-state index contributed by atoms with van der Waals surface area (Å²) in [6.07, 6.45) is -2.30. The number of nitrogens with zero attached hydrogens (tertiary/aromatic N) is 3. The number of benzene rings is 1. The Labute approximate surface area is 182 Å². The minimum absolute atomic E-state index is 0. The third-order valence-electron chi connectivity index (χ3n) is 4.60. The van der Waals surface area contributed by atoms with Gasteiger partial charge in [0.05, 0.1) is 18.3 Å². The van der Waals surface area contributed by atoms with Crippen molar-refractivity contribution in [2.24, 2.45) is 0 Å². The second kappa shape index (κ2) is 9.46. The molecule has 0 saturated carbocycles. The van der Waals surface area contributed by atoms with E-state index in [9.17, 15) is 18.0 Å². The molecule has 0 spiro atoms. The fraction of sp³-hybridized carbons (Fsp3) is 0.250. The summed E-state index contributed by atoms with van der Waals surface area (Å²) in [5.41, 5.74) is 0.863. The van der Waals surface area contributed by atoms with Gasteiger partial charge in [-0.15, -0.1) is 12.4 Å². The molecule has 164 valence electrons. The lowest BCUT2D eigenvalue weighted by molar-refractivity contribution is -0.137. The molecule has 1 saturated heterocycles. The molecule has 0 aliphatic carbocycles. The molecule has 1 aliphatic rings. The highest BCUT2D eigenvalue weighted by molar-refractivity contribution is 6.02. The van der Waals surface area contributed by atoms with Crippen LogP contribution >= 0.6 is 12.4 Å². The first-order chi connectivity index (χ1) is 14.4. The molecule has 11 heteroatoms. The topological polar surface area (TPSA) is 81.1 Å². The fourth-order valence-corrected chi connectivity index (χ4v) is 3.02. The average Bonchev–Trinajstić information content (AvgIpc) is 3.25. The number of carbonyl (C=O) groups is 1. The van der Waals surface area contributed by atoms with E-state index in [1.54, 1.807) is 12.1 Å². The van der Waals surface area contributed by atoms with Crippen LogP contribution in [0.4, 0.5) is 18.9 Å². The molecular weight excluding hydrogens is 435 g/mol. The molecule has 1 aliphatic heterocycles. The molecule has 2 N–H and O–H groups in total. The zero-order valence-electron chi connectivity index (χ0n) is 16.1. The highest BCUT2D eigenvalue weighted by Crippen LogP contribution is 2.28. The minimum atomic E-state index is -4.46. The van der Waals surface area contributed by atoms with Gasteiger partial charge in [-0.05, 0) is 35.9 Å². The van der Waals surface area contributed by atoms with Crippen LogP contribution in [0.2, 0.25) is 0 Å². The number of aromatic nitrogens is 3. The SMILES string of the molecule is Cl.O=C(Nc1ccc([C@H]2CNCCO2)cc1)c1ccn(-c2ccc(C(F)(F)F)cn2)n1. The van der Waals surface area contributed by atoms with Crippen LogP contribution in [-0.2, 0) is 10.9 Å². The van der Waals surface area contributed by atoms with Crippen LogP contribution in [0.15, 0.2) is 54.9 Å². The summed E-state index contributed by atoms with van der Waals surface area (Å²) in [5, 5.41) is 10.1. The first-order valence-electron chi connectivity index (χ1n) is 9.23. The Balaban J connectivity index is 0.00000272. The average molecular weight is 454 g/mol.